The van der Waals surface area contributed by atoms with Gasteiger partial charge < -0.3 is 4.90 Å². The van der Waals surface area contributed by atoms with Crippen molar-refractivity contribution in [3.8, 4) is 0 Å². The lowest BCUT2D eigenvalue weighted by molar-refractivity contribution is 0.0993. The van der Waals surface area contributed by atoms with Gasteiger partial charge in [0.05, 0.1) is 18.5 Å². The Morgan fingerprint density at radius 3 is 2.03 bits per heavy atom. The second-order valence-electron chi connectivity index (χ2n) is 6.61. The smallest absolute Gasteiger partial charge is 0.258 e. The van der Waals surface area contributed by atoms with Gasteiger partial charge in [0.25, 0.3) is 5.91 Å². The van der Waals surface area contributed by atoms with Crippen molar-refractivity contribution in [1.82, 2.24) is 0 Å². The maximum Gasteiger partial charge on any atom is 0.258 e. The van der Waals surface area contributed by atoms with Gasteiger partial charge in [0.15, 0.2) is 0 Å². The summed E-state index contributed by atoms with van der Waals surface area (Å²) in [5.74, 6) is -0.694. The molecule has 5 nitrogen and oxygen atoms in total. The summed E-state index contributed by atoms with van der Waals surface area (Å²) in [6, 6.07) is 21.5. The zero-order chi connectivity index (χ0) is 21.0. The number of nitrogens with zero attached hydrogens (tertiary/aromatic N) is 2. The summed E-state index contributed by atoms with van der Waals surface area (Å²) in [6.45, 7) is -0.136. The summed E-state index contributed by atoms with van der Waals surface area (Å²) < 4.78 is 39.7. The van der Waals surface area contributed by atoms with Crippen molar-refractivity contribution >= 4 is 27.3 Å². The second-order valence-corrected chi connectivity index (χ2v) is 8.51. The van der Waals surface area contributed by atoms with E-state index in [9.17, 15) is 17.6 Å². The molecule has 0 atom stereocenters. The zero-order valence-corrected chi connectivity index (χ0v) is 16.9. The first-order chi connectivity index (χ1) is 13.8. The largest absolute Gasteiger partial charge is 0.311 e. The molecule has 0 aliphatic carbocycles. The molecular weight excluding hydrogens is 391 g/mol. The lowest BCUT2D eigenvalue weighted by atomic mass is 10.1. The number of anilines is 2. The van der Waals surface area contributed by atoms with E-state index in [2.05, 4.69) is 0 Å². The second kappa shape index (κ2) is 8.45. The molecule has 0 fully saturated rings. The fraction of sp³-hybridized carbons (Fsp3) is 0.136. The number of rotatable bonds is 6. The number of benzene rings is 3. The van der Waals surface area contributed by atoms with Crippen LogP contribution in [-0.4, -0.2) is 27.6 Å². The van der Waals surface area contributed by atoms with E-state index in [0.717, 1.165) is 16.2 Å². The monoisotopic (exact) mass is 412 g/mol. The van der Waals surface area contributed by atoms with Gasteiger partial charge in [-0.15, -0.1) is 0 Å². The van der Waals surface area contributed by atoms with Crippen LogP contribution >= 0.6 is 0 Å². The average Bonchev–Trinajstić information content (AvgIpc) is 2.72. The first-order valence-corrected chi connectivity index (χ1v) is 10.8. The number of hydrogen-bond acceptors (Lipinski definition) is 3. The Hall–Kier alpha value is -3.19. The normalized spacial score (nSPS) is 11.1. The predicted molar refractivity (Wildman–Crippen MR) is 113 cm³/mol. The van der Waals surface area contributed by atoms with Crippen molar-refractivity contribution in [1.29, 1.82) is 0 Å². The van der Waals surface area contributed by atoms with Gasteiger partial charge in [-0.1, -0.05) is 36.4 Å². The molecule has 29 heavy (non-hydrogen) atoms. The van der Waals surface area contributed by atoms with Crippen LogP contribution in [0.2, 0.25) is 0 Å². The lowest BCUT2D eigenvalue weighted by Gasteiger charge is -2.23. The van der Waals surface area contributed by atoms with Crippen LogP contribution in [0, 0.1) is 5.82 Å². The van der Waals surface area contributed by atoms with E-state index in [1.807, 2.05) is 30.3 Å². The molecule has 0 saturated carbocycles. The quantitative estimate of drug-likeness (QED) is 0.613. The third-order valence-electron chi connectivity index (χ3n) is 4.52. The van der Waals surface area contributed by atoms with Crippen LogP contribution in [0.15, 0.2) is 78.9 Å². The number of hydrogen-bond donors (Lipinski definition) is 0. The molecular formula is C22H21FN2O3S. The highest BCUT2D eigenvalue weighted by molar-refractivity contribution is 7.92. The molecule has 0 radical (unpaired) electrons. The number of sulfonamides is 1. The molecule has 150 valence electrons. The van der Waals surface area contributed by atoms with Crippen molar-refractivity contribution in [2.24, 2.45) is 0 Å². The van der Waals surface area contributed by atoms with Crippen LogP contribution in [0.1, 0.15) is 15.9 Å². The van der Waals surface area contributed by atoms with E-state index >= 15 is 0 Å². The molecule has 0 spiro atoms. The third kappa shape index (κ3) is 4.81. The lowest BCUT2D eigenvalue weighted by Crippen LogP contribution is -2.30. The highest BCUT2D eigenvalue weighted by Gasteiger charge is 2.20. The van der Waals surface area contributed by atoms with E-state index in [0.29, 0.717) is 11.3 Å². The number of para-hydroxylation sites is 1. The molecule has 1 amide bonds. The SMILES string of the molecule is CN(C(=O)c1ccc(N(Cc2ccccc2F)S(C)(=O)=O)cc1)c1ccccc1. The molecule has 0 aromatic heterocycles. The molecule has 0 saturated heterocycles. The summed E-state index contributed by atoms with van der Waals surface area (Å²) in [6.07, 6.45) is 1.07. The standard InChI is InChI=1S/C22H21FN2O3S/c1-24(19-9-4-3-5-10-19)22(26)17-12-14-20(15-13-17)25(29(2,27)28)16-18-8-6-7-11-21(18)23/h3-15H,16H2,1-2H3. The minimum Gasteiger partial charge on any atom is -0.311 e. The van der Waals surface area contributed by atoms with Crippen molar-refractivity contribution in [2.75, 3.05) is 22.5 Å². The maximum absolute atomic E-state index is 14.0. The molecule has 0 aliphatic heterocycles. The maximum atomic E-state index is 14.0. The van der Waals surface area contributed by atoms with Gasteiger partial charge in [0.2, 0.25) is 10.0 Å². The van der Waals surface area contributed by atoms with E-state index < -0.39 is 15.8 Å². The Morgan fingerprint density at radius 1 is 0.862 bits per heavy atom. The topological polar surface area (TPSA) is 57.7 Å². The fourth-order valence-electron chi connectivity index (χ4n) is 2.91. The Bertz CT molecular complexity index is 1100. The molecule has 0 aliphatic rings. The first kappa shape index (κ1) is 20.5. The van der Waals surface area contributed by atoms with Crippen LogP contribution in [0.3, 0.4) is 0 Å². The van der Waals surface area contributed by atoms with Crippen LogP contribution < -0.4 is 9.21 Å². The average molecular weight is 412 g/mol. The Kier molecular flexibility index (Phi) is 5.98. The zero-order valence-electron chi connectivity index (χ0n) is 16.1. The Labute approximate surface area is 170 Å². The summed E-state index contributed by atoms with van der Waals surface area (Å²) in [4.78, 5) is 14.2. The van der Waals surface area contributed by atoms with Crippen LogP contribution in [0.4, 0.5) is 15.8 Å². The number of carbonyl (C=O) groups excluding carboxylic acids is 1. The molecule has 7 heteroatoms. The summed E-state index contributed by atoms with van der Waals surface area (Å²) in [5, 5.41) is 0. The molecule has 0 N–H and O–H groups in total. The van der Waals surface area contributed by atoms with Crippen molar-refractivity contribution < 1.29 is 17.6 Å². The van der Waals surface area contributed by atoms with Crippen molar-refractivity contribution in [3.63, 3.8) is 0 Å². The summed E-state index contributed by atoms with van der Waals surface area (Å²) in [7, 11) is -1.98. The first-order valence-electron chi connectivity index (χ1n) is 8.91. The van der Waals surface area contributed by atoms with Gasteiger partial charge in [-0.25, -0.2) is 12.8 Å². The molecule has 0 unspecified atom stereocenters. The van der Waals surface area contributed by atoms with Crippen molar-refractivity contribution in [2.45, 2.75) is 6.54 Å². The highest BCUT2D eigenvalue weighted by atomic mass is 32.2. The van der Waals surface area contributed by atoms with Crippen molar-refractivity contribution in [3.05, 3.63) is 95.8 Å². The molecule has 0 heterocycles. The number of halogens is 1. The highest BCUT2D eigenvalue weighted by Crippen LogP contribution is 2.23. The van der Waals surface area contributed by atoms with Crippen LogP contribution in [0.25, 0.3) is 0 Å². The van der Waals surface area contributed by atoms with Crippen LogP contribution in [0.5, 0.6) is 0 Å². The molecule has 0 bridgehead atoms. The van der Waals surface area contributed by atoms with E-state index in [1.54, 1.807) is 49.5 Å². The van der Waals surface area contributed by atoms with E-state index in [1.165, 1.54) is 11.0 Å². The fourth-order valence-corrected chi connectivity index (χ4v) is 3.79. The Morgan fingerprint density at radius 2 is 1.45 bits per heavy atom. The third-order valence-corrected chi connectivity index (χ3v) is 5.66. The minimum atomic E-state index is -3.65. The van der Waals surface area contributed by atoms with Gasteiger partial charge in [-0.05, 0) is 42.5 Å². The number of amides is 1. The van der Waals surface area contributed by atoms with Gasteiger partial charge in [0, 0.05) is 23.9 Å². The van der Waals surface area contributed by atoms with E-state index in [4.69, 9.17) is 0 Å². The van der Waals surface area contributed by atoms with Gasteiger partial charge in [-0.3, -0.25) is 9.10 Å². The summed E-state index contributed by atoms with van der Waals surface area (Å²) >= 11 is 0. The van der Waals surface area contributed by atoms with Gasteiger partial charge in [-0.2, -0.15) is 0 Å². The minimum absolute atomic E-state index is 0.136. The number of carbonyl (C=O) groups is 1. The molecule has 3 rings (SSSR count). The molecule has 3 aromatic rings. The van der Waals surface area contributed by atoms with Gasteiger partial charge in [0.1, 0.15) is 5.82 Å². The predicted octanol–water partition coefficient (Wildman–Crippen LogP) is 4.07. The molecule has 3 aromatic carbocycles. The Balaban J connectivity index is 1.86. The summed E-state index contributed by atoms with van der Waals surface area (Å²) in [5.41, 5.74) is 1.79. The van der Waals surface area contributed by atoms with Gasteiger partial charge >= 0.3 is 0 Å². The van der Waals surface area contributed by atoms with E-state index in [-0.39, 0.29) is 18.0 Å². The van der Waals surface area contributed by atoms with Crippen LogP contribution in [-0.2, 0) is 16.6 Å².